The van der Waals surface area contributed by atoms with Crippen molar-refractivity contribution >= 4 is 21.9 Å². The molecule has 2 amide bonds. The first-order valence-electron chi connectivity index (χ1n) is 8.33. The third-order valence-electron chi connectivity index (χ3n) is 4.57. The normalized spacial score (nSPS) is 15.2. The SMILES string of the molecule is O=C1c2ccccc2C(=O)N1CCC(CCc1ccccc1)S(=O)(=O)O. The van der Waals surface area contributed by atoms with Crippen LogP contribution in [0.5, 0.6) is 0 Å². The average molecular weight is 373 g/mol. The predicted molar refractivity (Wildman–Crippen MR) is 96.5 cm³/mol. The molecule has 2 aromatic carbocycles. The smallest absolute Gasteiger partial charge is 0.267 e. The molecule has 2 aromatic rings. The topological polar surface area (TPSA) is 91.8 Å². The summed E-state index contributed by atoms with van der Waals surface area (Å²) in [5.41, 5.74) is 1.61. The Morgan fingerprint density at radius 3 is 1.92 bits per heavy atom. The number of fused-ring (bicyclic) bond motifs is 1. The van der Waals surface area contributed by atoms with E-state index in [1.807, 2.05) is 30.3 Å². The second kappa shape index (κ2) is 7.39. The number of hydrogen-bond acceptors (Lipinski definition) is 4. The lowest BCUT2D eigenvalue weighted by Gasteiger charge is -2.18. The molecule has 6 nitrogen and oxygen atoms in total. The van der Waals surface area contributed by atoms with Gasteiger partial charge in [-0.25, -0.2) is 0 Å². The number of rotatable bonds is 7. The summed E-state index contributed by atoms with van der Waals surface area (Å²) >= 11 is 0. The van der Waals surface area contributed by atoms with E-state index in [1.165, 1.54) is 0 Å². The van der Waals surface area contributed by atoms with Crippen molar-refractivity contribution in [3.05, 3.63) is 71.3 Å². The molecule has 0 bridgehead atoms. The number of benzene rings is 2. The Bertz CT molecular complexity index is 889. The molecule has 0 radical (unpaired) electrons. The Kier molecular flexibility index (Phi) is 5.20. The maximum absolute atomic E-state index is 12.3. The largest absolute Gasteiger partial charge is 0.285 e. The highest BCUT2D eigenvalue weighted by molar-refractivity contribution is 7.86. The van der Waals surface area contributed by atoms with Crippen LogP contribution in [0.25, 0.3) is 0 Å². The highest BCUT2D eigenvalue weighted by Gasteiger charge is 2.36. The van der Waals surface area contributed by atoms with Gasteiger partial charge in [0.25, 0.3) is 21.9 Å². The van der Waals surface area contributed by atoms with Crippen LogP contribution in [0.4, 0.5) is 0 Å². The van der Waals surface area contributed by atoms with Crippen molar-refractivity contribution in [2.45, 2.75) is 24.5 Å². The number of carbonyl (C=O) groups excluding carboxylic acids is 2. The summed E-state index contributed by atoms with van der Waals surface area (Å²) in [7, 11) is -4.28. The van der Waals surface area contributed by atoms with Gasteiger partial charge >= 0.3 is 0 Å². The molecule has 0 spiro atoms. The van der Waals surface area contributed by atoms with Gasteiger partial charge in [0.2, 0.25) is 0 Å². The second-order valence-electron chi connectivity index (χ2n) is 6.26. The molecule has 1 heterocycles. The minimum Gasteiger partial charge on any atom is -0.285 e. The second-order valence-corrected chi connectivity index (χ2v) is 7.95. The van der Waals surface area contributed by atoms with Gasteiger partial charge < -0.3 is 0 Å². The van der Waals surface area contributed by atoms with Crippen molar-refractivity contribution in [3.63, 3.8) is 0 Å². The molecule has 0 aromatic heterocycles. The van der Waals surface area contributed by atoms with Gasteiger partial charge in [-0.1, -0.05) is 42.5 Å². The summed E-state index contributed by atoms with van der Waals surface area (Å²) in [5.74, 6) is -0.856. The Morgan fingerprint density at radius 1 is 0.846 bits per heavy atom. The van der Waals surface area contributed by atoms with Crippen LogP contribution >= 0.6 is 0 Å². The molecular weight excluding hydrogens is 354 g/mol. The lowest BCUT2D eigenvalue weighted by Crippen LogP contribution is -2.34. The highest BCUT2D eigenvalue weighted by atomic mass is 32.2. The number of aryl methyl sites for hydroxylation is 1. The van der Waals surface area contributed by atoms with Crippen LogP contribution in [0, 0.1) is 0 Å². The standard InChI is InChI=1S/C19H19NO5S/c21-18-16-8-4-5-9-17(16)19(22)20(18)13-12-15(26(23,24)25)11-10-14-6-2-1-3-7-14/h1-9,15H,10-13H2,(H,23,24,25). The van der Waals surface area contributed by atoms with E-state index in [0.717, 1.165) is 10.5 Å². The quantitative estimate of drug-likeness (QED) is 0.595. The molecule has 1 aliphatic heterocycles. The summed E-state index contributed by atoms with van der Waals surface area (Å²) in [6.45, 7) is -0.0500. The average Bonchev–Trinajstić information content (AvgIpc) is 2.86. The minimum atomic E-state index is -4.28. The number of nitrogens with zero attached hydrogens (tertiary/aromatic N) is 1. The van der Waals surface area contributed by atoms with Gasteiger partial charge in [0.1, 0.15) is 0 Å². The summed E-state index contributed by atoms with van der Waals surface area (Å²) in [5, 5.41) is -1.04. The van der Waals surface area contributed by atoms with Gasteiger partial charge in [-0.15, -0.1) is 0 Å². The zero-order chi connectivity index (χ0) is 18.7. The van der Waals surface area contributed by atoms with E-state index in [9.17, 15) is 22.6 Å². The highest BCUT2D eigenvalue weighted by Crippen LogP contribution is 2.24. The van der Waals surface area contributed by atoms with Crippen molar-refractivity contribution in [3.8, 4) is 0 Å². The maximum atomic E-state index is 12.3. The van der Waals surface area contributed by atoms with Crippen LogP contribution < -0.4 is 0 Å². The van der Waals surface area contributed by atoms with E-state index in [4.69, 9.17) is 0 Å². The molecule has 0 saturated heterocycles. The Morgan fingerprint density at radius 2 is 1.38 bits per heavy atom. The molecule has 3 rings (SSSR count). The molecule has 26 heavy (non-hydrogen) atoms. The van der Waals surface area contributed by atoms with Gasteiger partial charge in [0.05, 0.1) is 16.4 Å². The summed E-state index contributed by atoms with van der Waals surface area (Å²) in [6.07, 6.45) is 0.691. The van der Waals surface area contributed by atoms with Gasteiger partial charge in [-0.2, -0.15) is 8.42 Å². The lowest BCUT2D eigenvalue weighted by atomic mass is 10.1. The van der Waals surface area contributed by atoms with Gasteiger partial charge in [-0.3, -0.25) is 19.0 Å². The van der Waals surface area contributed by atoms with Crippen molar-refractivity contribution in [2.75, 3.05) is 6.54 Å². The van der Waals surface area contributed by atoms with E-state index < -0.39 is 27.2 Å². The molecule has 1 aliphatic rings. The van der Waals surface area contributed by atoms with Crippen LogP contribution in [-0.2, 0) is 16.5 Å². The number of imide groups is 1. The van der Waals surface area contributed by atoms with Crippen molar-refractivity contribution < 1.29 is 22.6 Å². The molecule has 136 valence electrons. The Balaban J connectivity index is 1.67. The summed E-state index contributed by atoms with van der Waals surface area (Å²) in [6, 6.07) is 15.8. The Hall–Kier alpha value is -2.51. The fourth-order valence-electron chi connectivity index (χ4n) is 3.13. The monoisotopic (exact) mass is 373 g/mol. The summed E-state index contributed by atoms with van der Waals surface area (Å²) < 4.78 is 32.9. The lowest BCUT2D eigenvalue weighted by molar-refractivity contribution is 0.0651. The van der Waals surface area contributed by atoms with Gasteiger partial charge in [0, 0.05) is 6.54 Å². The molecule has 0 aliphatic carbocycles. The third kappa shape index (κ3) is 3.84. The van der Waals surface area contributed by atoms with Crippen molar-refractivity contribution in [2.24, 2.45) is 0 Å². The first-order chi connectivity index (χ1) is 12.4. The first-order valence-corrected chi connectivity index (χ1v) is 9.83. The van der Waals surface area contributed by atoms with Gasteiger partial charge in [0.15, 0.2) is 0 Å². The number of amides is 2. The maximum Gasteiger partial charge on any atom is 0.267 e. The Labute approximate surface area is 152 Å². The fraction of sp³-hybridized carbons (Fsp3) is 0.263. The number of carbonyl (C=O) groups is 2. The summed E-state index contributed by atoms with van der Waals surface area (Å²) in [4.78, 5) is 25.7. The van der Waals surface area contributed by atoms with Crippen molar-refractivity contribution in [1.82, 2.24) is 4.90 Å². The van der Waals surface area contributed by atoms with E-state index in [2.05, 4.69) is 0 Å². The molecule has 1 atom stereocenters. The molecule has 0 saturated carbocycles. The van der Waals surface area contributed by atoms with E-state index >= 15 is 0 Å². The molecular formula is C19H19NO5S. The van der Waals surface area contributed by atoms with Crippen LogP contribution in [-0.4, -0.2) is 41.5 Å². The van der Waals surface area contributed by atoms with Crippen LogP contribution in [0.3, 0.4) is 0 Å². The zero-order valence-electron chi connectivity index (χ0n) is 14.0. The van der Waals surface area contributed by atoms with E-state index in [0.29, 0.717) is 17.5 Å². The van der Waals surface area contributed by atoms with Gasteiger partial charge in [-0.05, 0) is 37.0 Å². The zero-order valence-corrected chi connectivity index (χ0v) is 14.9. The third-order valence-corrected chi connectivity index (χ3v) is 5.89. The molecule has 0 fully saturated rings. The van der Waals surface area contributed by atoms with Crippen molar-refractivity contribution in [1.29, 1.82) is 0 Å². The first kappa shape index (κ1) is 18.3. The fourth-order valence-corrected chi connectivity index (χ4v) is 3.95. The van der Waals surface area contributed by atoms with Crippen LogP contribution in [0.15, 0.2) is 54.6 Å². The predicted octanol–water partition coefficient (Wildman–Crippen LogP) is 2.56. The van der Waals surface area contributed by atoms with E-state index in [1.54, 1.807) is 24.3 Å². The van der Waals surface area contributed by atoms with Crippen LogP contribution in [0.2, 0.25) is 0 Å². The minimum absolute atomic E-state index is 0.00284. The molecule has 1 unspecified atom stereocenters. The van der Waals surface area contributed by atoms with E-state index in [-0.39, 0.29) is 19.4 Å². The number of hydrogen-bond donors (Lipinski definition) is 1. The molecule has 7 heteroatoms. The molecule has 1 N–H and O–H groups in total. The van der Waals surface area contributed by atoms with Crippen LogP contribution in [0.1, 0.15) is 39.1 Å².